The SMILES string of the molecule is CN=C(NO)c1ccccc1N1CCCCCC1=O. The zero-order valence-corrected chi connectivity index (χ0v) is 11.1. The second kappa shape index (κ2) is 6.33. The van der Waals surface area contributed by atoms with Gasteiger partial charge in [0.05, 0.1) is 5.69 Å². The van der Waals surface area contributed by atoms with Gasteiger partial charge in [-0.1, -0.05) is 18.6 Å². The van der Waals surface area contributed by atoms with Gasteiger partial charge in [0, 0.05) is 25.6 Å². The van der Waals surface area contributed by atoms with Gasteiger partial charge < -0.3 is 4.90 Å². The molecule has 1 heterocycles. The van der Waals surface area contributed by atoms with Crippen molar-refractivity contribution >= 4 is 17.4 Å². The zero-order chi connectivity index (χ0) is 13.7. The third-order valence-electron chi connectivity index (χ3n) is 3.35. The second-order valence-electron chi connectivity index (χ2n) is 4.56. The van der Waals surface area contributed by atoms with E-state index in [1.807, 2.05) is 24.3 Å². The molecule has 102 valence electrons. The van der Waals surface area contributed by atoms with Crippen LogP contribution in [0.1, 0.15) is 31.2 Å². The first-order chi connectivity index (χ1) is 9.27. The van der Waals surface area contributed by atoms with Gasteiger partial charge in [-0.2, -0.15) is 0 Å². The molecule has 0 atom stereocenters. The molecule has 1 aromatic rings. The molecule has 0 saturated carbocycles. The van der Waals surface area contributed by atoms with E-state index in [2.05, 4.69) is 10.5 Å². The minimum Gasteiger partial charge on any atom is -0.312 e. The largest absolute Gasteiger partial charge is 0.312 e. The van der Waals surface area contributed by atoms with E-state index in [4.69, 9.17) is 5.21 Å². The number of nitrogens with one attached hydrogen (secondary N) is 1. The number of carbonyl (C=O) groups is 1. The molecule has 1 saturated heterocycles. The molecule has 5 heteroatoms. The summed E-state index contributed by atoms with van der Waals surface area (Å²) in [4.78, 5) is 18.0. The predicted octanol–water partition coefficient (Wildman–Crippen LogP) is 1.95. The van der Waals surface area contributed by atoms with E-state index in [1.165, 1.54) is 0 Å². The van der Waals surface area contributed by atoms with Gasteiger partial charge in [0.1, 0.15) is 0 Å². The molecule has 19 heavy (non-hydrogen) atoms. The highest BCUT2D eigenvalue weighted by atomic mass is 16.5. The number of amides is 1. The summed E-state index contributed by atoms with van der Waals surface area (Å²) in [6.07, 6.45) is 3.62. The smallest absolute Gasteiger partial charge is 0.226 e. The van der Waals surface area contributed by atoms with Crippen LogP contribution in [0.25, 0.3) is 0 Å². The third-order valence-corrected chi connectivity index (χ3v) is 3.35. The lowest BCUT2D eigenvalue weighted by molar-refractivity contribution is -0.118. The van der Waals surface area contributed by atoms with Crippen LogP contribution in [-0.4, -0.2) is 30.5 Å². The number of aliphatic imine (C=N–C) groups is 1. The first kappa shape index (κ1) is 13.5. The number of nitrogens with zero attached hydrogens (tertiary/aromatic N) is 2. The van der Waals surface area contributed by atoms with Crippen molar-refractivity contribution in [3.05, 3.63) is 29.8 Å². The van der Waals surface area contributed by atoms with Gasteiger partial charge in [-0.15, -0.1) is 0 Å². The normalized spacial score (nSPS) is 17.3. The predicted molar refractivity (Wildman–Crippen MR) is 74.6 cm³/mol. The fourth-order valence-corrected chi connectivity index (χ4v) is 2.38. The van der Waals surface area contributed by atoms with E-state index >= 15 is 0 Å². The molecule has 1 aliphatic rings. The lowest BCUT2D eigenvalue weighted by atomic mass is 10.1. The molecule has 1 aliphatic heterocycles. The van der Waals surface area contributed by atoms with Crippen LogP contribution in [0.4, 0.5) is 5.69 Å². The Balaban J connectivity index is 2.40. The maximum Gasteiger partial charge on any atom is 0.226 e. The number of hydrogen-bond acceptors (Lipinski definition) is 3. The monoisotopic (exact) mass is 261 g/mol. The molecule has 0 spiro atoms. The Hall–Kier alpha value is -1.88. The van der Waals surface area contributed by atoms with Crippen LogP contribution in [0.15, 0.2) is 29.3 Å². The number of hydrogen-bond donors (Lipinski definition) is 2. The summed E-state index contributed by atoms with van der Waals surface area (Å²) >= 11 is 0. The van der Waals surface area contributed by atoms with Gasteiger partial charge in [0.15, 0.2) is 5.84 Å². The summed E-state index contributed by atoms with van der Waals surface area (Å²) in [6, 6.07) is 7.49. The van der Waals surface area contributed by atoms with Crippen molar-refractivity contribution in [2.75, 3.05) is 18.5 Å². The highest BCUT2D eigenvalue weighted by Crippen LogP contribution is 2.24. The topological polar surface area (TPSA) is 64.9 Å². The first-order valence-corrected chi connectivity index (χ1v) is 6.54. The molecule has 5 nitrogen and oxygen atoms in total. The Morgan fingerprint density at radius 1 is 1.32 bits per heavy atom. The lowest BCUT2D eigenvalue weighted by Crippen LogP contribution is -2.33. The van der Waals surface area contributed by atoms with Crippen LogP contribution < -0.4 is 10.4 Å². The summed E-state index contributed by atoms with van der Waals surface area (Å²) in [5, 5.41) is 9.14. The van der Waals surface area contributed by atoms with Crippen LogP contribution in [-0.2, 0) is 4.79 Å². The van der Waals surface area contributed by atoms with E-state index in [0.717, 1.165) is 37.1 Å². The average Bonchev–Trinajstić information content (AvgIpc) is 2.65. The van der Waals surface area contributed by atoms with Crippen molar-refractivity contribution < 1.29 is 10.0 Å². The number of hydroxylamine groups is 1. The molecule has 0 unspecified atom stereocenters. The van der Waals surface area contributed by atoms with Gasteiger partial charge in [0.2, 0.25) is 5.91 Å². The van der Waals surface area contributed by atoms with Crippen LogP contribution >= 0.6 is 0 Å². The number of para-hydroxylation sites is 1. The Morgan fingerprint density at radius 3 is 2.84 bits per heavy atom. The van der Waals surface area contributed by atoms with Crippen molar-refractivity contribution in [1.82, 2.24) is 5.48 Å². The summed E-state index contributed by atoms with van der Waals surface area (Å²) in [7, 11) is 1.60. The third kappa shape index (κ3) is 2.93. The van der Waals surface area contributed by atoms with Gasteiger partial charge >= 0.3 is 0 Å². The van der Waals surface area contributed by atoms with E-state index in [0.29, 0.717) is 12.3 Å². The van der Waals surface area contributed by atoms with Gasteiger partial charge in [-0.25, -0.2) is 0 Å². The molecule has 1 fully saturated rings. The van der Waals surface area contributed by atoms with Crippen LogP contribution in [0, 0.1) is 0 Å². The highest BCUT2D eigenvalue weighted by molar-refractivity contribution is 6.06. The molecule has 2 N–H and O–H groups in total. The number of rotatable bonds is 2. The maximum atomic E-state index is 12.2. The summed E-state index contributed by atoms with van der Waals surface area (Å²) in [5.74, 6) is 0.506. The summed E-state index contributed by atoms with van der Waals surface area (Å²) in [5.41, 5.74) is 3.63. The fourth-order valence-electron chi connectivity index (χ4n) is 2.38. The molecule has 0 aromatic heterocycles. The minimum atomic E-state index is 0.137. The molecule has 0 bridgehead atoms. The van der Waals surface area contributed by atoms with E-state index in [1.54, 1.807) is 11.9 Å². The molecule has 1 aromatic carbocycles. The standard InChI is InChI=1S/C14H19N3O2/c1-15-14(16-19)11-7-4-5-8-12(11)17-10-6-2-3-9-13(17)18/h4-5,7-8,19H,2-3,6,9-10H2,1H3,(H,15,16). The number of amidine groups is 1. The van der Waals surface area contributed by atoms with Crippen LogP contribution in [0.5, 0.6) is 0 Å². The minimum absolute atomic E-state index is 0.137. The van der Waals surface area contributed by atoms with Crippen molar-refractivity contribution in [3.63, 3.8) is 0 Å². The molecular weight excluding hydrogens is 242 g/mol. The van der Waals surface area contributed by atoms with Crippen LogP contribution in [0.2, 0.25) is 0 Å². The Morgan fingerprint density at radius 2 is 2.11 bits per heavy atom. The second-order valence-corrected chi connectivity index (χ2v) is 4.56. The lowest BCUT2D eigenvalue weighted by Gasteiger charge is -2.23. The fraction of sp³-hybridized carbons (Fsp3) is 0.429. The summed E-state index contributed by atoms with van der Waals surface area (Å²) < 4.78 is 0. The quantitative estimate of drug-likeness (QED) is 0.486. The Bertz CT molecular complexity index is 485. The Kier molecular flexibility index (Phi) is 4.52. The highest BCUT2D eigenvalue weighted by Gasteiger charge is 2.21. The van der Waals surface area contributed by atoms with Gasteiger partial charge in [-0.05, 0) is 25.0 Å². The molecule has 2 rings (SSSR count). The van der Waals surface area contributed by atoms with Gasteiger partial charge in [0.25, 0.3) is 0 Å². The number of anilines is 1. The van der Waals surface area contributed by atoms with E-state index < -0.39 is 0 Å². The van der Waals surface area contributed by atoms with Crippen molar-refractivity contribution in [2.45, 2.75) is 25.7 Å². The maximum absolute atomic E-state index is 12.2. The van der Waals surface area contributed by atoms with Crippen LogP contribution in [0.3, 0.4) is 0 Å². The molecule has 0 aliphatic carbocycles. The van der Waals surface area contributed by atoms with Crippen molar-refractivity contribution in [2.24, 2.45) is 4.99 Å². The number of carbonyl (C=O) groups excluding carboxylic acids is 1. The molecule has 0 radical (unpaired) electrons. The Labute approximate surface area is 112 Å². The molecular formula is C14H19N3O2. The first-order valence-electron chi connectivity index (χ1n) is 6.54. The van der Waals surface area contributed by atoms with Crippen molar-refractivity contribution in [1.29, 1.82) is 0 Å². The molecule has 1 amide bonds. The van der Waals surface area contributed by atoms with Crippen molar-refractivity contribution in [3.8, 4) is 0 Å². The van der Waals surface area contributed by atoms with Gasteiger partial charge in [-0.3, -0.25) is 20.5 Å². The number of benzene rings is 1. The van der Waals surface area contributed by atoms with E-state index in [-0.39, 0.29) is 5.91 Å². The average molecular weight is 261 g/mol. The van der Waals surface area contributed by atoms with E-state index in [9.17, 15) is 4.79 Å². The zero-order valence-electron chi connectivity index (χ0n) is 11.1. The summed E-state index contributed by atoms with van der Waals surface area (Å²) in [6.45, 7) is 0.721.